The first-order chi connectivity index (χ1) is 16.9. The van der Waals surface area contributed by atoms with E-state index in [2.05, 4.69) is 26.9 Å². The number of aromatic nitrogens is 3. The second-order valence-electron chi connectivity index (χ2n) is 8.15. The number of thioether (sulfide) groups is 1. The zero-order chi connectivity index (χ0) is 24.9. The Morgan fingerprint density at radius 3 is 2.71 bits per heavy atom. The molecule has 0 spiro atoms. The molecule has 2 heterocycles. The van der Waals surface area contributed by atoms with Crippen LogP contribution in [0.25, 0.3) is 0 Å². The van der Waals surface area contributed by atoms with E-state index in [9.17, 15) is 14.9 Å². The second kappa shape index (κ2) is 11.2. The maximum Gasteiger partial charge on any atom is 0.251 e. The molecule has 0 aliphatic heterocycles. The summed E-state index contributed by atoms with van der Waals surface area (Å²) >= 11 is 8.69. The molecule has 0 saturated carbocycles. The molecule has 0 radical (unpaired) electrons. The van der Waals surface area contributed by atoms with Gasteiger partial charge in [-0.25, -0.2) is 0 Å². The largest absolute Gasteiger partial charge is 0.342 e. The normalized spacial score (nSPS) is 13.5. The highest BCUT2D eigenvalue weighted by Crippen LogP contribution is 2.37. The highest BCUT2D eigenvalue weighted by atomic mass is 35.5. The second-order valence-corrected chi connectivity index (χ2v) is 10.6. The number of rotatable bonds is 8. The first-order valence-corrected chi connectivity index (χ1v) is 13.6. The predicted octanol–water partition coefficient (Wildman–Crippen LogP) is 4.99. The average Bonchev–Trinajstić information content (AvgIpc) is 3.43. The summed E-state index contributed by atoms with van der Waals surface area (Å²) in [6, 6.07) is 8.54. The van der Waals surface area contributed by atoms with Crippen LogP contribution >= 0.6 is 34.7 Å². The Bertz CT molecular complexity index is 1280. The van der Waals surface area contributed by atoms with Gasteiger partial charge in [0.25, 0.3) is 5.91 Å². The molecule has 2 aromatic heterocycles. The molecular formula is C24H25ClN6O2S2. The monoisotopic (exact) mass is 528 g/mol. The predicted molar refractivity (Wildman–Crippen MR) is 138 cm³/mol. The Morgan fingerprint density at radius 2 is 2.00 bits per heavy atom. The summed E-state index contributed by atoms with van der Waals surface area (Å²) in [4.78, 5) is 26.5. The van der Waals surface area contributed by atoms with Gasteiger partial charge in [-0.2, -0.15) is 5.26 Å². The molecule has 0 bridgehead atoms. The molecule has 35 heavy (non-hydrogen) atoms. The molecule has 0 saturated heterocycles. The van der Waals surface area contributed by atoms with Gasteiger partial charge in [-0.3, -0.25) is 9.59 Å². The van der Waals surface area contributed by atoms with Crippen LogP contribution < -0.4 is 10.6 Å². The van der Waals surface area contributed by atoms with E-state index < -0.39 is 0 Å². The molecule has 0 fully saturated rings. The third-order valence-electron chi connectivity index (χ3n) is 5.77. The van der Waals surface area contributed by atoms with E-state index in [4.69, 9.17) is 11.6 Å². The molecule has 4 rings (SSSR count). The third-order valence-corrected chi connectivity index (χ3v) is 8.20. The minimum atomic E-state index is -0.385. The molecule has 2 amide bonds. The minimum absolute atomic E-state index is 0.136. The Labute approximate surface area is 217 Å². The molecule has 182 valence electrons. The molecule has 2 N–H and O–H groups in total. The Kier molecular flexibility index (Phi) is 8.11. The Hall–Kier alpha value is -2.87. The van der Waals surface area contributed by atoms with Crippen LogP contribution in [0.15, 0.2) is 29.4 Å². The van der Waals surface area contributed by atoms with Crippen LogP contribution in [0.5, 0.6) is 0 Å². The van der Waals surface area contributed by atoms with Crippen LogP contribution in [0.3, 0.4) is 0 Å². The summed E-state index contributed by atoms with van der Waals surface area (Å²) in [5, 5.41) is 25.7. The van der Waals surface area contributed by atoms with Gasteiger partial charge in [-0.15, -0.1) is 21.5 Å². The van der Waals surface area contributed by atoms with E-state index in [0.29, 0.717) is 38.7 Å². The van der Waals surface area contributed by atoms with E-state index in [0.717, 1.165) is 31.2 Å². The lowest BCUT2D eigenvalue weighted by Gasteiger charge is -2.15. The average molecular weight is 529 g/mol. The standard InChI is InChI=1S/C24H25ClN6O2S2/c1-3-31-21(14(2)27-22(33)15-8-10-16(25)11-9-15)29-30-24(31)34-13-20(32)28-23-18(12-26)17-6-4-5-7-19(17)35-23/h8-11,14H,3-7,13H2,1-2H3,(H,27,33)(H,28,32)/t14-/m1/s1. The first-order valence-electron chi connectivity index (χ1n) is 11.4. The number of halogens is 1. The number of amides is 2. The van der Waals surface area contributed by atoms with Crippen molar-refractivity contribution in [2.24, 2.45) is 0 Å². The van der Waals surface area contributed by atoms with E-state index in [1.165, 1.54) is 28.0 Å². The van der Waals surface area contributed by atoms with Crippen LogP contribution in [0.4, 0.5) is 5.00 Å². The molecule has 1 aromatic carbocycles. The first kappa shape index (κ1) is 25.2. The van der Waals surface area contributed by atoms with Gasteiger partial charge in [0.05, 0.1) is 17.4 Å². The molecule has 11 heteroatoms. The summed E-state index contributed by atoms with van der Waals surface area (Å²) < 4.78 is 1.88. The number of thiophene rings is 1. The molecule has 3 aromatic rings. The van der Waals surface area contributed by atoms with Crippen LogP contribution in [0.2, 0.25) is 5.02 Å². The van der Waals surface area contributed by atoms with Crippen molar-refractivity contribution in [3.63, 3.8) is 0 Å². The highest BCUT2D eigenvalue weighted by Gasteiger charge is 2.23. The minimum Gasteiger partial charge on any atom is -0.342 e. The summed E-state index contributed by atoms with van der Waals surface area (Å²) in [5.41, 5.74) is 2.20. The number of benzene rings is 1. The van der Waals surface area contributed by atoms with Gasteiger partial charge in [-0.1, -0.05) is 23.4 Å². The zero-order valence-electron chi connectivity index (χ0n) is 19.4. The number of nitrogens with zero attached hydrogens (tertiary/aromatic N) is 4. The van der Waals surface area contributed by atoms with Crippen molar-refractivity contribution in [3.05, 3.63) is 56.7 Å². The fourth-order valence-corrected chi connectivity index (χ4v) is 6.23. The lowest BCUT2D eigenvalue weighted by Crippen LogP contribution is -2.28. The topological polar surface area (TPSA) is 113 Å². The van der Waals surface area contributed by atoms with Crippen molar-refractivity contribution in [3.8, 4) is 6.07 Å². The van der Waals surface area contributed by atoms with Gasteiger partial charge in [-0.05, 0) is 69.4 Å². The van der Waals surface area contributed by atoms with Gasteiger partial charge in [0.1, 0.15) is 11.1 Å². The van der Waals surface area contributed by atoms with E-state index in [1.54, 1.807) is 24.3 Å². The van der Waals surface area contributed by atoms with Crippen LogP contribution in [-0.2, 0) is 24.2 Å². The molecule has 1 aliphatic carbocycles. The van der Waals surface area contributed by atoms with Crippen LogP contribution in [0, 0.1) is 11.3 Å². The van der Waals surface area contributed by atoms with Crippen molar-refractivity contribution in [2.75, 3.05) is 11.1 Å². The van der Waals surface area contributed by atoms with Gasteiger partial charge in [0.2, 0.25) is 5.91 Å². The van der Waals surface area contributed by atoms with Crippen molar-refractivity contribution in [2.45, 2.75) is 57.3 Å². The Morgan fingerprint density at radius 1 is 1.26 bits per heavy atom. The summed E-state index contributed by atoms with van der Waals surface area (Å²) in [7, 11) is 0. The molecule has 0 unspecified atom stereocenters. The number of nitriles is 1. The highest BCUT2D eigenvalue weighted by molar-refractivity contribution is 7.99. The lowest BCUT2D eigenvalue weighted by atomic mass is 9.96. The van der Waals surface area contributed by atoms with Crippen molar-refractivity contribution >= 4 is 51.5 Å². The van der Waals surface area contributed by atoms with E-state index in [-0.39, 0.29) is 23.6 Å². The van der Waals surface area contributed by atoms with Crippen LogP contribution in [-0.4, -0.2) is 32.3 Å². The van der Waals surface area contributed by atoms with E-state index in [1.807, 2.05) is 18.4 Å². The fraction of sp³-hybridized carbons (Fsp3) is 0.375. The number of fused-ring (bicyclic) bond motifs is 1. The zero-order valence-corrected chi connectivity index (χ0v) is 21.8. The van der Waals surface area contributed by atoms with Gasteiger partial charge >= 0.3 is 0 Å². The van der Waals surface area contributed by atoms with Crippen LogP contribution in [0.1, 0.15) is 64.9 Å². The number of aryl methyl sites for hydroxylation is 1. The van der Waals surface area contributed by atoms with Crippen molar-refractivity contribution in [1.82, 2.24) is 20.1 Å². The van der Waals surface area contributed by atoms with E-state index >= 15 is 0 Å². The van der Waals surface area contributed by atoms with Gasteiger partial charge < -0.3 is 15.2 Å². The summed E-state index contributed by atoms with van der Waals surface area (Å²) in [6.45, 7) is 4.39. The quantitative estimate of drug-likeness (QED) is 0.398. The number of hydrogen-bond donors (Lipinski definition) is 2. The molecule has 1 atom stereocenters. The van der Waals surface area contributed by atoms with Gasteiger partial charge in [0.15, 0.2) is 11.0 Å². The lowest BCUT2D eigenvalue weighted by molar-refractivity contribution is -0.113. The fourth-order valence-electron chi connectivity index (χ4n) is 4.04. The molecule has 1 aliphatic rings. The number of hydrogen-bond acceptors (Lipinski definition) is 7. The van der Waals surface area contributed by atoms with Crippen molar-refractivity contribution < 1.29 is 9.59 Å². The summed E-state index contributed by atoms with van der Waals surface area (Å²) in [5.74, 6) is 0.314. The maximum atomic E-state index is 12.7. The molecular weight excluding hydrogens is 504 g/mol. The number of anilines is 1. The maximum absolute atomic E-state index is 12.7. The number of nitrogens with one attached hydrogen (secondary N) is 2. The van der Waals surface area contributed by atoms with Gasteiger partial charge in [0, 0.05) is 22.0 Å². The Balaban J connectivity index is 1.39. The van der Waals surface area contributed by atoms with Crippen molar-refractivity contribution in [1.29, 1.82) is 5.26 Å². The number of carbonyl (C=O) groups is 2. The third kappa shape index (κ3) is 5.69. The summed E-state index contributed by atoms with van der Waals surface area (Å²) in [6.07, 6.45) is 4.06. The number of carbonyl (C=O) groups excluding carboxylic acids is 2. The molecule has 8 nitrogen and oxygen atoms in total. The SMILES string of the molecule is CCn1c(SCC(=O)Nc2sc3c(c2C#N)CCCC3)nnc1[C@@H](C)NC(=O)c1ccc(Cl)cc1. The smallest absolute Gasteiger partial charge is 0.251 e.